The fourth-order valence-corrected chi connectivity index (χ4v) is 5.35. The molecule has 0 saturated carbocycles. The van der Waals surface area contributed by atoms with Crippen LogP contribution in [0.15, 0.2) is 97.1 Å². The van der Waals surface area contributed by atoms with Crippen molar-refractivity contribution >= 4 is 0 Å². The molecule has 4 aromatic carbocycles. The third-order valence-corrected chi connectivity index (χ3v) is 7.58. The standard InChI is InChI=1S/2C15H16F2NO2.2C5H5.Ti/c2*1-9-7-12(15(19-3)20-4)10(2)18(9)14-6-5-11(16)8-13(14)17;2*1-2-4-5-3-1;/h2*5-7,15H,1-4H3;2*1-5H;/q4*-1;+4. The second-order valence-corrected chi connectivity index (χ2v) is 10.9. The summed E-state index contributed by atoms with van der Waals surface area (Å²) >= 11 is 0. The van der Waals surface area contributed by atoms with Crippen molar-refractivity contribution < 1.29 is 58.2 Å². The van der Waals surface area contributed by atoms with Gasteiger partial charge in [-0.15, -0.1) is 36.4 Å². The predicted molar refractivity (Wildman–Crippen MR) is 186 cm³/mol. The second-order valence-electron chi connectivity index (χ2n) is 10.9. The van der Waals surface area contributed by atoms with Crippen LogP contribution >= 0.6 is 0 Å². The van der Waals surface area contributed by atoms with E-state index in [-0.39, 0.29) is 33.1 Å². The van der Waals surface area contributed by atoms with E-state index in [9.17, 15) is 17.6 Å². The van der Waals surface area contributed by atoms with E-state index >= 15 is 0 Å². The molecule has 6 rings (SSSR count). The minimum absolute atomic E-state index is 0. The number of halogens is 4. The maximum atomic E-state index is 13.9. The second kappa shape index (κ2) is 21.4. The van der Waals surface area contributed by atoms with E-state index in [1.807, 2.05) is 113 Å². The molecule has 0 atom stereocenters. The summed E-state index contributed by atoms with van der Waals surface area (Å²) in [5.41, 5.74) is 5.25. The maximum absolute atomic E-state index is 13.9. The molecule has 0 aliphatic heterocycles. The molecule has 0 spiro atoms. The van der Waals surface area contributed by atoms with E-state index < -0.39 is 35.8 Å². The Morgan fingerprint density at radius 2 is 0.863 bits per heavy atom. The minimum atomic E-state index is -0.732. The summed E-state index contributed by atoms with van der Waals surface area (Å²) in [5, 5.41) is 0. The van der Waals surface area contributed by atoms with Crippen LogP contribution in [0.2, 0.25) is 0 Å². The molecule has 0 unspecified atom stereocenters. The monoisotopic (exact) mass is 738 g/mol. The van der Waals surface area contributed by atoms with Gasteiger partial charge >= 0.3 is 21.7 Å². The molecule has 6 nitrogen and oxygen atoms in total. The molecule has 0 aliphatic rings. The Hall–Kier alpha value is -4.03. The summed E-state index contributed by atoms with van der Waals surface area (Å²) in [6.07, 6.45) is -1.05. The molecule has 0 aliphatic carbocycles. The summed E-state index contributed by atoms with van der Waals surface area (Å²) < 4.78 is 78.0. The number of aromatic nitrogens is 2. The molecule has 0 bridgehead atoms. The first-order valence-corrected chi connectivity index (χ1v) is 15.6. The summed E-state index contributed by atoms with van der Waals surface area (Å²) in [4.78, 5) is 0. The van der Waals surface area contributed by atoms with Crippen LogP contribution < -0.4 is 0 Å². The van der Waals surface area contributed by atoms with Gasteiger partial charge in [0, 0.05) is 85.6 Å². The zero-order valence-corrected chi connectivity index (χ0v) is 31.5. The molecule has 51 heavy (non-hydrogen) atoms. The number of benzene rings is 2. The third kappa shape index (κ3) is 11.5. The molecule has 0 amide bonds. The van der Waals surface area contributed by atoms with Crippen molar-refractivity contribution in [1.29, 1.82) is 0 Å². The number of ether oxygens (including phenoxy) is 4. The molecule has 0 fully saturated rings. The van der Waals surface area contributed by atoms with E-state index in [1.54, 1.807) is 9.13 Å². The number of hydrogen-bond acceptors (Lipinski definition) is 4. The van der Waals surface area contributed by atoms with Crippen LogP contribution in [-0.2, 0) is 40.7 Å². The van der Waals surface area contributed by atoms with Gasteiger partial charge in [-0.1, -0.05) is 0 Å². The molecule has 11 heteroatoms. The fourth-order valence-electron chi connectivity index (χ4n) is 5.35. The van der Waals surface area contributed by atoms with Gasteiger partial charge in [0.15, 0.2) is 12.6 Å². The molecular weight excluding hydrogens is 696 g/mol. The Bertz CT molecular complexity index is 1690. The zero-order chi connectivity index (χ0) is 36.8. The van der Waals surface area contributed by atoms with Gasteiger partial charge in [-0.2, -0.15) is 36.4 Å². The van der Waals surface area contributed by atoms with Gasteiger partial charge in [-0.3, -0.25) is 0 Å². The predicted octanol–water partition coefficient (Wildman–Crippen LogP) is 9.74. The van der Waals surface area contributed by atoms with E-state index in [4.69, 9.17) is 18.9 Å². The Morgan fingerprint density at radius 3 is 1.10 bits per heavy atom. The van der Waals surface area contributed by atoms with E-state index in [0.29, 0.717) is 0 Å². The normalized spacial score (nSPS) is 10.5. The molecule has 6 aromatic rings. The summed E-state index contributed by atoms with van der Waals surface area (Å²) in [6.45, 7) is 7.33. The molecule has 2 heterocycles. The Morgan fingerprint density at radius 1 is 0.549 bits per heavy atom. The molecule has 268 valence electrons. The quantitative estimate of drug-likeness (QED) is 0.0676. The Balaban J connectivity index is 0.000000273. The van der Waals surface area contributed by atoms with Crippen LogP contribution in [0.4, 0.5) is 17.6 Å². The Labute approximate surface area is 312 Å². The number of methoxy groups -OCH3 is 4. The van der Waals surface area contributed by atoms with Crippen molar-refractivity contribution in [2.24, 2.45) is 0 Å². The van der Waals surface area contributed by atoms with E-state index in [0.717, 1.165) is 33.9 Å². The molecular formula is C40H42F4N2O4Ti. The van der Waals surface area contributed by atoms with Crippen LogP contribution in [0.25, 0.3) is 11.4 Å². The zero-order valence-electron chi connectivity index (χ0n) is 29.9. The number of aryl methyl sites for hydroxylation is 2. The van der Waals surface area contributed by atoms with Gasteiger partial charge in [0.25, 0.3) is 0 Å². The van der Waals surface area contributed by atoms with E-state index in [1.165, 1.54) is 52.7 Å². The van der Waals surface area contributed by atoms with Gasteiger partial charge in [0.1, 0.15) is 0 Å². The number of hydrogen-bond donors (Lipinski definition) is 0. The number of nitrogens with zero attached hydrogens (tertiary/aromatic N) is 2. The first-order valence-electron chi connectivity index (χ1n) is 15.6. The van der Waals surface area contributed by atoms with Crippen molar-refractivity contribution in [2.75, 3.05) is 28.4 Å². The smallest absolute Gasteiger partial charge is 0.369 e. The van der Waals surface area contributed by atoms with Gasteiger partial charge in [0.05, 0.1) is 0 Å². The fraction of sp³-hybridized carbons (Fsp3) is 0.250. The summed E-state index contributed by atoms with van der Waals surface area (Å²) in [7, 11) is 6.14. The topological polar surface area (TPSA) is 46.8 Å². The summed E-state index contributed by atoms with van der Waals surface area (Å²) in [5.74, 6) is -2.91. The van der Waals surface area contributed by atoms with Crippen molar-refractivity contribution in [3.8, 4) is 11.4 Å². The van der Waals surface area contributed by atoms with Crippen LogP contribution in [-0.4, -0.2) is 37.6 Å². The van der Waals surface area contributed by atoms with Crippen molar-refractivity contribution in [2.45, 2.75) is 40.3 Å². The van der Waals surface area contributed by atoms with Gasteiger partial charge in [-0.05, 0) is 51.2 Å². The molecule has 0 N–H and O–H groups in total. The third-order valence-electron chi connectivity index (χ3n) is 7.58. The van der Waals surface area contributed by atoms with Crippen molar-refractivity contribution in [3.63, 3.8) is 0 Å². The van der Waals surface area contributed by atoms with Crippen molar-refractivity contribution in [1.82, 2.24) is 9.13 Å². The van der Waals surface area contributed by atoms with Gasteiger partial charge in [0.2, 0.25) is 0 Å². The molecule has 0 radical (unpaired) electrons. The van der Waals surface area contributed by atoms with Crippen LogP contribution in [0.3, 0.4) is 0 Å². The van der Waals surface area contributed by atoms with Crippen LogP contribution in [0.1, 0.15) is 46.5 Å². The average Bonchev–Trinajstić information content (AvgIpc) is 3.93. The minimum Gasteiger partial charge on any atom is -0.369 e. The van der Waals surface area contributed by atoms with Crippen LogP contribution in [0.5, 0.6) is 0 Å². The van der Waals surface area contributed by atoms with Gasteiger partial charge < -0.3 is 28.1 Å². The average molecular weight is 739 g/mol. The summed E-state index contributed by atoms with van der Waals surface area (Å²) in [6, 6.07) is 32.9. The first kappa shape index (κ1) is 43.1. The largest absolute Gasteiger partial charge is 4.00 e. The molecule has 2 aromatic heterocycles. The SMILES string of the molecule is COC(OC)c1cc(C)n(-c2ccc(F)[c-]c2F)c1C.COC(OC)c1cc(C)n(-c2ccc(F)[c-]c2F)c1C.[Ti+4].c1cc[cH-]c1.c1cc[cH-]c1. The van der Waals surface area contributed by atoms with Crippen LogP contribution in [0, 0.1) is 63.1 Å². The molecule has 0 saturated heterocycles. The van der Waals surface area contributed by atoms with Crippen molar-refractivity contribution in [3.05, 3.63) is 166 Å². The first-order chi connectivity index (χ1) is 24.0. The van der Waals surface area contributed by atoms with E-state index in [2.05, 4.69) is 0 Å². The maximum Gasteiger partial charge on any atom is 4.00 e. The van der Waals surface area contributed by atoms with Gasteiger partial charge in [-0.25, -0.2) is 41.8 Å². The number of rotatable bonds is 8. The Kier molecular flexibility index (Phi) is 18.1.